The Balaban J connectivity index is 1.79. The lowest BCUT2D eigenvalue weighted by Crippen LogP contribution is -1.91. The van der Waals surface area contributed by atoms with Crippen LogP contribution in [0.15, 0.2) is 47.8 Å². The fourth-order valence-corrected chi connectivity index (χ4v) is 2.75. The van der Waals surface area contributed by atoms with Crippen LogP contribution in [-0.2, 0) is 5.75 Å². The summed E-state index contributed by atoms with van der Waals surface area (Å²) in [6.07, 6.45) is 1.87. The van der Waals surface area contributed by atoms with E-state index in [9.17, 15) is 5.11 Å². The predicted octanol–water partition coefficient (Wildman–Crippen LogP) is 3.33. The van der Waals surface area contributed by atoms with E-state index in [0.29, 0.717) is 5.16 Å². The van der Waals surface area contributed by atoms with E-state index < -0.39 is 0 Å². The van der Waals surface area contributed by atoms with Crippen LogP contribution in [0.2, 0.25) is 0 Å². The molecule has 1 N–H and O–H groups in total. The maximum absolute atomic E-state index is 9.46. The maximum atomic E-state index is 9.46. The van der Waals surface area contributed by atoms with Crippen LogP contribution in [-0.4, -0.2) is 20.1 Å². The van der Waals surface area contributed by atoms with Gasteiger partial charge in [0.25, 0.3) is 0 Å². The van der Waals surface area contributed by atoms with Crippen LogP contribution in [0.3, 0.4) is 0 Å². The van der Waals surface area contributed by atoms with Crippen molar-refractivity contribution in [2.75, 3.05) is 0 Å². The fourth-order valence-electron chi connectivity index (χ4n) is 1.93. The molecule has 0 atom stereocenters. The van der Waals surface area contributed by atoms with Crippen molar-refractivity contribution in [3.8, 4) is 5.88 Å². The van der Waals surface area contributed by atoms with Gasteiger partial charge < -0.3 is 5.11 Å². The van der Waals surface area contributed by atoms with Gasteiger partial charge in [-0.1, -0.05) is 30.0 Å². The third kappa shape index (κ3) is 2.88. The minimum absolute atomic E-state index is 0.0108. The monoisotopic (exact) mass is 283 g/mol. The Morgan fingerprint density at radius 2 is 2.00 bits per heavy atom. The summed E-state index contributed by atoms with van der Waals surface area (Å²) in [6, 6.07) is 11.7. The molecule has 2 aromatic heterocycles. The Kier molecular flexibility index (Phi) is 3.52. The molecule has 100 valence electrons. The quantitative estimate of drug-likeness (QED) is 0.590. The first-order valence-electron chi connectivity index (χ1n) is 6.22. The molecule has 0 aliphatic rings. The Hall–Kier alpha value is -2.14. The summed E-state index contributed by atoms with van der Waals surface area (Å²) in [4.78, 5) is 12.7. The van der Waals surface area contributed by atoms with Crippen molar-refractivity contribution < 1.29 is 5.11 Å². The average molecular weight is 283 g/mol. The smallest absolute Gasteiger partial charge is 0.215 e. The van der Waals surface area contributed by atoms with Gasteiger partial charge in [-0.2, -0.15) is 4.98 Å². The zero-order chi connectivity index (χ0) is 13.9. The van der Waals surface area contributed by atoms with Gasteiger partial charge in [0.1, 0.15) is 0 Å². The number of fused-ring (bicyclic) bond motifs is 1. The van der Waals surface area contributed by atoms with E-state index in [1.807, 2.05) is 37.4 Å². The molecule has 5 heteroatoms. The van der Waals surface area contributed by atoms with Crippen molar-refractivity contribution in [3.05, 3.63) is 53.9 Å². The molecule has 4 nitrogen and oxygen atoms in total. The molecule has 0 saturated carbocycles. The highest BCUT2D eigenvalue weighted by Crippen LogP contribution is 2.22. The number of benzene rings is 1. The van der Waals surface area contributed by atoms with Gasteiger partial charge in [0.2, 0.25) is 5.88 Å². The Morgan fingerprint density at radius 1 is 1.15 bits per heavy atom. The SMILES string of the molecule is Cc1cc(O)nc(SCc2cnc3ccccc3c2)n1. The highest BCUT2D eigenvalue weighted by molar-refractivity contribution is 7.98. The summed E-state index contributed by atoms with van der Waals surface area (Å²) >= 11 is 1.49. The largest absolute Gasteiger partial charge is 0.493 e. The topological polar surface area (TPSA) is 58.9 Å². The molecule has 0 fully saturated rings. The molecule has 0 unspecified atom stereocenters. The lowest BCUT2D eigenvalue weighted by molar-refractivity contribution is 0.444. The first-order chi connectivity index (χ1) is 9.70. The molecule has 0 saturated heterocycles. The molecular weight excluding hydrogens is 270 g/mol. The normalized spacial score (nSPS) is 10.8. The minimum atomic E-state index is 0.0108. The van der Waals surface area contributed by atoms with Gasteiger partial charge in [-0.15, -0.1) is 0 Å². The third-order valence-corrected chi connectivity index (χ3v) is 3.75. The van der Waals surface area contributed by atoms with Crippen LogP contribution < -0.4 is 0 Å². The number of aromatic hydroxyl groups is 1. The van der Waals surface area contributed by atoms with Gasteiger partial charge >= 0.3 is 0 Å². The maximum Gasteiger partial charge on any atom is 0.215 e. The number of hydrogen-bond acceptors (Lipinski definition) is 5. The summed E-state index contributed by atoms with van der Waals surface area (Å²) in [5.74, 6) is 0.734. The Labute approximate surface area is 120 Å². The number of para-hydroxylation sites is 1. The van der Waals surface area contributed by atoms with Gasteiger partial charge in [-0.05, 0) is 24.6 Å². The first-order valence-corrected chi connectivity index (χ1v) is 7.20. The molecule has 20 heavy (non-hydrogen) atoms. The molecular formula is C15H13N3OS. The third-order valence-electron chi connectivity index (χ3n) is 2.84. The molecule has 0 bridgehead atoms. The number of pyridine rings is 1. The van der Waals surface area contributed by atoms with E-state index in [4.69, 9.17) is 0 Å². The van der Waals surface area contributed by atoms with E-state index in [0.717, 1.165) is 27.9 Å². The minimum Gasteiger partial charge on any atom is -0.493 e. The van der Waals surface area contributed by atoms with Crippen LogP contribution in [0.5, 0.6) is 5.88 Å². The van der Waals surface area contributed by atoms with Crippen LogP contribution in [0.25, 0.3) is 10.9 Å². The lowest BCUT2D eigenvalue weighted by Gasteiger charge is -2.04. The van der Waals surface area contributed by atoms with Crippen LogP contribution in [0, 0.1) is 6.92 Å². The Morgan fingerprint density at radius 3 is 2.85 bits per heavy atom. The summed E-state index contributed by atoms with van der Waals surface area (Å²) < 4.78 is 0. The van der Waals surface area contributed by atoms with E-state index in [1.54, 1.807) is 6.07 Å². The van der Waals surface area contributed by atoms with Crippen LogP contribution in [0.1, 0.15) is 11.3 Å². The van der Waals surface area contributed by atoms with Crippen LogP contribution in [0.4, 0.5) is 0 Å². The average Bonchev–Trinajstić information content (AvgIpc) is 2.44. The van der Waals surface area contributed by atoms with Gasteiger partial charge in [-0.25, -0.2) is 4.98 Å². The van der Waals surface area contributed by atoms with Crippen molar-refractivity contribution in [2.24, 2.45) is 0 Å². The van der Waals surface area contributed by atoms with E-state index >= 15 is 0 Å². The molecule has 3 rings (SSSR count). The van der Waals surface area contributed by atoms with Gasteiger partial charge in [0.15, 0.2) is 5.16 Å². The van der Waals surface area contributed by atoms with Crippen molar-refractivity contribution >= 4 is 22.7 Å². The summed E-state index contributed by atoms with van der Waals surface area (Å²) in [6.45, 7) is 1.84. The van der Waals surface area contributed by atoms with E-state index in [1.165, 1.54) is 11.8 Å². The number of hydrogen-bond donors (Lipinski definition) is 1. The standard InChI is InChI=1S/C15H13N3OS/c1-10-6-14(19)18-15(17-10)20-9-11-7-12-4-2-3-5-13(12)16-8-11/h2-8H,9H2,1H3,(H,17,18,19). The van der Waals surface area contributed by atoms with Gasteiger partial charge in [-0.3, -0.25) is 4.98 Å². The van der Waals surface area contributed by atoms with E-state index in [2.05, 4.69) is 21.0 Å². The highest BCUT2D eigenvalue weighted by Gasteiger charge is 2.04. The van der Waals surface area contributed by atoms with Crippen molar-refractivity contribution in [3.63, 3.8) is 0 Å². The molecule has 3 aromatic rings. The second kappa shape index (κ2) is 5.46. The molecule has 0 amide bonds. The summed E-state index contributed by atoms with van der Waals surface area (Å²) in [5, 5.41) is 11.2. The predicted molar refractivity (Wildman–Crippen MR) is 79.7 cm³/mol. The summed E-state index contributed by atoms with van der Waals surface area (Å²) in [7, 11) is 0. The van der Waals surface area contributed by atoms with Gasteiger partial charge in [0, 0.05) is 29.1 Å². The number of thioether (sulfide) groups is 1. The molecule has 0 radical (unpaired) electrons. The zero-order valence-electron chi connectivity index (χ0n) is 10.9. The highest BCUT2D eigenvalue weighted by atomic mass is 32.2. The van der Waals surface area contributed by atoms with Gasteiger partial charge in [0.05, 0.1) is 5.52 Å². The van der Waals surface area contributed by atoms with Crippen molar-refractivity contribution in [1.29, 1.82) is 0 Å². The zero-order valence-corrected chi connectivity index (χ0v) is 11.8. The number of aromatic nitrogens is 3. The van der Waals surface area contributed by atoms with Crippen LogP contribution >= 0.6 is 11.8 Å². The van der Waals surface area contributed by atoms with E-state index in [-0.39, 0.29) is 5.88 Å². The Bertz CT molecular complexity index is 741. The number of rotatable bonds is 3. The molecule has 0 aliphatic heterocycles. The fraction of sp³-hybridized carbons (Fsp3) is 0.133. The second-order valence-corrected chi connectivity index (χ2v) is 5.42. The van der Waals surface area contributed by atoms with Crippen molar-refractivity contribution in [1.82, 2.24) is 15.0 Å². The number of aryl methyl sites for hydroxylation is 1. The summed E-state index contributed by atoms with van der Waals surface area (Å²) in [5.41, 5.74) is 2.86. The number of nitrogens with zero attached hydrogens (tertiary/aromatic N) is 3. The molecule has 0 aliphatic carbocycles. The second-order valence-electron chi connectivity index (χ2n) is 4.48. The molecule has 1 aromatic carbocycles. The van der Waals surface area contributed by atoms with Crippen molar-refractivity contribution in [2.45, 2.75) is 17.8 Å². The molecule has 0 spiro atoms. The first kappa shape index (κ1) is 12.9. The lowest BCUT2D eigenvalue weighted by atomic mass is 10.2. The molecule has 2 heterocycles.